The van der Waals surface area contributed by atoms with Crippen LogP contribution >= 0.6 is 0 Å². The van der Waals surface area contributed by atoms with Crippen molar-refractivity contribution in [3.8, 4) is 11.3 Å². The molecule has 0 spiro atoms. The van der Waals surface area contributed by atoms with Crippen LogP contribution in [0.4, 0.5) is 11.4 Å². The van der Waals surface area contributed by atoms with Crippen LogP contribution in [-0.4, -0.2) is 21.6 Å². The first-order valence-electron chi connectivity index (χ1n) is 9.72. The molecule has 0 saturated heterocycles. The molecule has 30 heavy (non-hydrogen) atoms. The zero-order chi connectivity index (χ0) is 20.5. The molecule has 5 rings (SSSR count). The van der Waals surface area contributed by atoms with Crippen molar-refractivity contribution < 1.29 is 4.79 Å². The number of fused-ring (bicyclic) bond motifs is 2. The molecule has 2 N–H and O–H groups in total. The van der Waals surface area contributed by atoms with Gasteiger partial charge in [-0.15, -0.1) is 0 Å². The van der Waals surface area contributed by atoms with E-state index in [1.165, 1.54) is 0 Å². The molecule has 3 heterocycles. The van der Waals surface area contributed by atoms with Crippen molar-refractivity contribution in [2.45, 2.75) is 12.8 Å². The lowest BCUT2D eigenvalue weighted by Crippen LogP contribution is -2.16. The van der Waals surface area contributed by atoms with E-state index in [1.807, 2.05) is 48.5 Å². The average Bonchev–Trinajstić information content (AvgIpc) is 2.92. The maximum atomic E-state index is 12.6. The van der Waals surface area contributed by atoms with Crippen molar-refractivity contribution >= 4 is 23.0 Å². The van der Waals surface area contributed by atoms with Gasteiger partial charge in [0.25, 0.3) is 11.5 Å². The van der Waals surface area contributed by atoms with Crippen molar-refractivity contribution in [3.05, 3.63) is 100 Å². The van der Waals surface area contributed by atoms with Crippen molar-refractivity contribution in [1.82, 2.24) is 9.97 Å². The number of benzene rings is 1. The van der Waals surface area contributed by atoms with Crippen LogP contribution in [0.5, 0.6) is 0 Å². The second-order valence-electron chi connectivity index (χ2n) is 7.16. The number of H-pyrrole nitrogens is 1. The summed E-state index contributed by atoms with van der Waals surface area (Å²) in [5.74, 6) is -0.205. The number of nitrogens with zero attached hydrogens (tertiary/aromatic N) is 2. The molecular formula is C24H18N4O2. The van der Waals surface area contributed by atoms with Gasteiger partial charge in [-0.1, -0.05) is 30.3 Å². The van der Waals surface area contributed by atoms with E-state index in [0.717, 1.165) is 34.6 Å². The quantitative estimate of drug-likeness (QED) is 0.546. The van der Waals surface area contributed by atoms with E-state index in [-0.39, 0.29) is 11.5 Å². The van der Waals surface area contributed by atoms with Gasteiger partial charge in [0.1, 0.15) is 0 Å². The van der Waals surface area contributed by atoms with Crippen molar-refractivity contribution in [2.24, 2.45) is 4.99 Å². The Morgan fingerprint density at radius 1 is 0.967 bits per heavy atom. The highest BCUT2D eigenvalue weighted by Crippen LogP contribution is 2.32. The molecule has 1 aromatic heterocycles. The predicted molar refractivity (Wildman–Crippen MR) is 117 cm³/mol. The Kier molecular flexibility index (Phi) is 4.44. The van der Waals surface area contributed by atoms with Gasteiger partial charge in [0.2, 0.25) is 0 Å². The van der Waals surface area contributed by atoms with E-state index in [1.54, 1.807) is 24.5 Å². The van der Waals surface area contributed by atoms with Gasteiger partial charge in [-0.05, 0) is 48.7 Å². The number of anilines is 1. The minimum atomic E-state index is -0.205. The molecule has 1 amide bonds. The van der Waals surface area contributed by atoms with Gasteiger partial charge in [0, 0.05) is 34.9 Å². The van der Waals surface area contributed by atoms with Crippen LogP contribution in [0.25, 0.3) is 11.3 Å². The standard InChI is InChI=1S/C24H18N4O2/c29-23(16-10-12-25-13-11-16)26-17-8-6-15-7-9-20(27-21(15)14-17)22-18-4-2-1-3-5-19(18)28-24(22)30/h1-6,8,10-14H,7,9H2,(H,26,29)(H,28,30). The summed E-state index contributed by atoms with van der Waals surface area (Å²) in [7, 11) is 0. The van der Waals surface area contributed by atoms with Gasteiger partial charge < -0.3 is 10.3 Å². The van der Waals surface area contributed by atoms with E-state index >= 15 is 0 Å². The van der Waals surface area contributed by atoms with Gasteiger partial charge in [-0.3, -0.25) is 19.6 Å². The summed E-state index contributed by atoms with van der Waals surface area (Å²) in [6.45, 7) is 0. The highest BCUT2D eigenvalue weighted by atomic mass is 16.1. The number of aryl methyl sites for hydroxylation is 1. The number of aromatic nitrogens is 2. The number of aromatic amines is 1. The lowest BCUT2D eigenvalue weighted by atomic mass is 9.95. The first-order valence-corrected chi connectivity index (χ1v) is 9.72. The largest absolute Gasteiger partial charge is 0.322 e. The Bertz CT molecular complexity index is 1310. The van der Waals surface area contributed by atoms with Crippen molar-refractivity contribution in [1.29, 1.82) is 0 Å². The van der Waals surface area contributed by atoms with Crippen LogP contribution in [-0.2, 0) is 6.42 Å². The molecule has 0 bridgehead atoms. The molecule has 2 aliphatic heterocycles. The van der Waals surface area contributed by atoms with Crippen molar-refractivity contribution in [3.63, 3.8) is 0 Å². The van der Waals surface area contributed by atoms with Crippen LogP contribution in [0.15, 0.2) is 82.8 Å². The summed E-state index contributed by atoms with van der Waals surface area (Å²) in [6.07, 6.45) is 4.65. The second kappa shape index (κ2) is 7.40. The third-order valence-electron chi connectivity index (χ3n) is 5.24. The summed E-state index contributed by atoms with van der Waals surface area (Å²) >= 11 is 0. The summed E-state index contributed by atoms with van der Waals surface area (Å²) in [6, 6.07) is 18.6. The zero-order valence-corrected chi connectivity index (χ0v) is 16.1. The number of carbonyl (C=O) groups is 1. The van der Waals surface area contributed by atoms with Gasteiger partial charge in [0.05, 0.1) is 17.0 Å². The minimum Gasteiger partial charge on any atom is -0.322 e. The number of amides is 1. The maximum Gasteiger partial charge on any atom is 0.258 e. The zero-order valence-electron chi connectivity index (χ0n) is 16.1. The fourth-order valence-corrected chi connectivity index (χ4v) is 3.77. The number of rotatable bonds is 3. The predicted octanol–water partition coefficient (Wildman–Crippen LogP) is 4.19. The number of nitrogens with one attached hydrogen (secondary N) is 2. The molecule has 1 aliphatic carbocycles. The Balaban J connectivity index is 1.50. The Hall–Kier alpha value is -4.06. The molecule has 6 nitrogen and oxygen atoms in total. The summed E-state index contributed by atoms with van der Waals surface area (Å²) in [5, 5.41) is 2.90. The molecule has 0 saturated carbocycles. The van der Waals surface area contributed by atoms with Gasteiger partial charge in [0.15, 0.2) is 0 Å². The summed E-state index contributed by atoms with van der Waals surface area (Å²) < 4.78 is 0. The Morgan fingerprint density at radius 2 is 1.80 bits per heavy atom. The first-order chi connectivity index (χ1) is 14.7. The lowest BCUT2D eigenvalue weighted by Gasteiger charge is -2.16. The summed E-state index contributed by atoms with van der Waals surface area (Å²) in [5.41, 5.74) is 6.00. The smallest absolute Gasteiger partial charge is 0.258 e. The molecule has 0 unspecified atom stereocenters. The highest BCUT2D eigenvalue weighted by molar-refractivity contribution is 6.08. The van der Waals surface area contributed by atoms with Crippen LogP contribution < -0.4 is 10.9 Å². The van der Waals surface area contributed by atoms with Crippen molar-refractivity contribution in [2.75, 3.05) is 5.32 Å². The Labute approximate surface area is 172 Å². The molecule has 146 valence electrons. The van der Waals surface area contributed by atoms with E-state index in [9.17, 15) is 9.59 Å². The molecule has 6 heteroatoms. The monoisotopic (exact) mass is 394 g/mol. The molecular weight excluding hydrogens is 376 g/mol. The maximum absolute atomic E-state index is 12.6. The number of pyridine rings is 1. The summed E-state index contributed by atoms with van der Waals surface area (Å²) in [4.78, 5) is 36.7. The number of hydrogen-bond donors (Lipinski definition) is 2. The van der Waals surface area contributed by atoms with Crippen LogP contribution in [0.2, 0.25) is 0 Å². The minimum absolute atomic E-state index is 0.124. The number of carbonyl (C=O) groups excluding carboxylic acids is 1. The van der Waals surface area contributed by atoms with Gasteiger partial charge in [-0.2, -0.15) is 0 Å². The molecule has 0 fully saturated rings. The number of aliphatic imine (C=N–C) groups is 1. The van der Waals surface area contributed by atoms with E-state index in [0.29, 0.717) is 23.2 Å². The first kappa shape index (κ1) is 18.0. The fraction of sp³-hybridized carbons (Fsp3) is 0.0833. The van der Waals surface area contributed by atoms with Crippen LogP contribution in [0.3, 0.4) is 0 Å². The Morgan fingerprint density at radius 3 is 2.67 bits per heavy atom. The second-order valence-corrected chi connectivity index (χ2v) is 7.16. The molecule has 3 aliphatic rings. The van der Waals surface area contributed by atoms with E-state index in [4.69, 9.17) is 4.99 Å². The third-order valence-corrected chi connectivity index (χ3v) is 5.24. The van der Waals surface area contributed by atoms with E-state index < -0.39 is 0 Å². The number of hydrogen-bond acceptors (Lipinski definition) is 4. The SMILES string of the molecule is O=C(Nc1ccc2c(c1)N=C(c1c3cccccc-3[nH]c1=O)CC2)c1ccncc1. The normalized spacial score (nSPS) is 12.9. The molecule has 2 aromatic rings. The molecule has 0 radical (unpaired) electrons. The fourth-order valence-electron chi connectivity index (χ4n) is 3.77. The van der Waals surface area contributed by atoms with Crippen LogP contribution in [0, 0.1) is 0 Å². The van der Waals surface area contributed by atoms with Gasteiger partial charge >= 0.3 is 0 Å². The van der Waals surface area contributed by atoms with Gasteiger partial charge in [-0.25, -0.2) is 0 Å². The topological polar surface area (TPSA) is 87.2 Å². The van der Waals surface area contributed by atoms with E-state index in [2.05, 4.69) is 15.3 Å². The van der Waals surface area contributed by atoms with Crippen LogP contribution in [0.1, 0.15) is 27.9 Å². The lowest BCUT2D eigenvalue weighted by molar-refractivity contribution is 0.102. The third kappa shape index (κ3) is 3.28. The average molecular weight is 394 g/mol. The highest BCUT2D eigenvalue weighted by Gasteiger charge is 2.22. The molecule has 0 atom stereocenters. The molecule has 1 aromatic carbocycles.